The monoisotopic (exact) mass is 342 g/mol. The molecule has 0 aliphatic rings. The van der Waals surface area contributed by atoms with Crippen molar-refractivity contribution >= 4 is 23.2 Å². The molecule has 0 bridgehead atoms. The second-order valence-corrected chi connectivity index (χ2v) is 5.66. The van der Waals surface area contributed by atoms with Crippen LogP contribution in [0.3, 0.4) is 0 Å². The zero-order valence-electron chi connectivity index (χ0n) is 12.1. The highest BCUT2D eigenvalue weighted by molar-refractivity contribution is 7.14. The number of hydrogen-bond donors (Lipinski definition) is 0. The van der Waals surface area contributed by atoms with Crippen molar-refractivity contribution in [3.63, 3.8) is 0 Å². The predicted octanol–water partition coefficient (Wildman–Crippen LogP) is 4.83. The van der Waals surface area contributed by atoms with Crippen molar-refractivity contribution in [1.29, 1.82) is 0 Å². The average molecular weight is 342 g/mol. The zero-order valence-corrected chi connectivity index (χ0v) is 12.9. The summed E-state index contributed by atoms with van der Waals surface area (Å²) in [4.78, 5) is 11.7. The van der Waals surface area contributed by atoms with Crippen LogP contribution < -0.4 is 9.47 Å². The van der Waals surface area contributed by atoms with Crippen LogP contribution in [0, 0.1) is 0 Å². The summed E-state index contributed by atoms with van der Waals surface area (Å²) in [5.74, 6) is -0.309. The van der Waals surface area contributed by atoms with Crippen LogP contribution in [0.2, 0.25) is 0 Å². The topological polar surface area (TPSA) is 35.5 Å². The number of carbonyl (C=O) groups excluding carboxylic acids is 1. The largest absolute Gasteiger partial charge is 0.573 e. The maximum absolute atomic E-state index is 12.1. The summed E-state index contributed by atoms with van der Waals surface area (Å²) in [5.41, 5.74) is 0.716. The molecule has 1 heterocycles. The molecule has 3 nitrogen and oxygen atoms in total. The first-order valence-corrected chi connectivity index (χ1v) is 7.39. The van der Waals surface area contributed by atoms with Crippen LogP contribution in [0.5, 0.6) is 10.8 Å². The molecule has 2 aromatic rings. The second-order valence-electron chi connectivity index (χ2n) is 4.58. The van der Waals surface area contributed by atoms with Gasteiger partial charge in [-0.1, -0.05) is 23.5 Å². The Morgan fingerprint density at radius 3 is 2.48 bits per heavy atom. The minimum Gasteiger partial charge on any atom is -0.479 e. The van der Waals surface area contributed by atoms with E-state index in [2.05, 4.69) is 4.74 Å². The average Bonchev–Trinajstić information content (AvgIpc) is 2.91. The Morgan fingerprint density at radius 2 is 1.87 bits per heavy atom. The number of halogens is 3. The first kappa shape index (κ1) is 17.1. The first-order chi connectivity index (χ1) is 10.8. The van der Waals surface area contributed by atoms with Gasteiger partial charge in [0, 0.05) is 4.88 Å². The minimum atomic E-state index is -4.70. The predicted molar refractivity (Wildman–Crippen MR) is 81.5 cm³/mol. The lowest BCUT2D eigenvalue weighted by atomic mass is 10.2. The fraction of sp³-hybridized carbons (Fsp3) is 0.188. The molecular formula is C16H13F3O3S. The molecule has 0 saturated heterocycles. The van der Waals surface area contributed by atoms with Crippen LogP contribution in [-0.4, -0.2) is 12.1 Å². The van der Waals surface area contributed by atoms with Gasteiger partial charge >= 0.3 is 6.36 Å². The van der Waals surface area contributed by atoms with Crippen LogP contribution in [0.4, 0.5) is 13.2 Å². The molecule has 1 aromatic carbocycles. The molecule has 0 spiro atoms. The third kappa shape index (κ3) is 6.15. The molecule has 23 heavy (non-hydrogen) atoms. The normalized spacial score (nSPS) is 11.7. The molecule has 0 unspecified atom stereocenters. The van der Waals surface area contributed by atoms with Crippen LogP contribution in [0.1, 0.15) is 17.4 Å². The molecule has 0 aliphatic heterocycles. The lowest BCUT2D eigenvalue weighted by molar-refractivity contribution is -0.274. The molecule has 0 saturated carbocycles. The van der Waals surface area contributed by atoms with E-state index in [1.165, 1.54) is 48.6 Å². The van der Waals surface area contributed by atoms with Crippen molar-refractivity contribution in [2.75, 3.05) is 0 Å². The number of allylic oxidation sites excluding steroid dienone is 1. The minimum absolute atomic E-state index is 0.0398. The third-order valence-corrected chi connectivity index (χ3v) is 3.59. The van der Waals surface area contributed by atoms with Gasteiger partial charge in [-0.3, -0.25) is 4.79 Å². The number of thiophene rings is 1. The molecule has 1 aromatic heterocycles. The summed E-state index contributed by atoms with van der Waals surface area (Å²) in [6, 6.07) is 9.07. The Kier molecular flexibility index (Phi) is 5.44. The summed E-state index contributed by atoms with van der Waals surface area (Å²) < 4.78 is 45.5. The highest BCUT2D eigenvalue weighted by Gasteiger charge is 2.30. The van der Waals surface area contributed by atoms with Gasteiger partial charge in [-0.25, -0.2) is 0 Å². The van der Waals surface area contributed by atoms with Crippen LogP contribution in [0.15, 0.2) is 42.5 Å². The van der Waals surface area contributed by atoms with E-state index in [1.807, 2.05) is 6.07 Å². The molecule has 0 aliphatic carbocycles. The number of benzene rings is 1. The van der Waals surface area contributed by atoms with Gasteiger partial charge in [0.15, 0.2) is 10.8 Å². The summed E-state index contributed by atoms with van der Waals surface area (Å²) in [7, 11) is 0. The number of ketones is 1. The summed E-state index contributed by atoms with van der Waals surface area (Å²) in [6.07, 6.45) is -1.53. The van der Waals surface area contributed by atoms with Gasteiger partial charge in [0.2, 0.25) is 0 Å². The van der Waals surface area contributed by atoms with E-state index in [0.29, 0.717) is 10.6 Å². The van der Waals surface area contributed by atoms with E-state index in [1.54, 1.807) is 12.1 Å². The Hall–Kier alpha value is -2.28. The van der Waals surface area contributed by atoms with Gasteiger partial charge in [-0.15, -0.1) is 13.2 Å². The number of alkyl halides is 3. The van der Waals surface area contributed by atoms with E-state index < -0.39 is 6.36 Å². The molecule has 0 radical (unpaired) electrons. The number of rotatable bonds is 6. The molecule has 0 atom stereocenters. The quantitative estimate of drug-likeness (QED) is 0.706. The van der Waals surface area contributed by atoms with E-state index in [-0.39, 0.29) is 18.1 Å². The fourth-order valence-electron chi connectivity index (χ4n) is 1.64. The maximum atomic E-state index is 12.1. The second kappa shape index (κ2) is 7.32. The van der Waals surface area contributed by atoms with Crippen LogP contribution in [0.25, 0.3) is 6.08 Å². The number of ether oxygens (including phenoxy) is 2. The molecule has 122 valence electrons. The van der Waals surface area contributed by atoms with Crippen molar-refractivity contribution in [3.05, 3.63) is 52.9 Å². The number of hydrogen-bond acceptors (Lipinski definition) is 4. The van der Waals surface area contributed by atoms with Crippen LogP contribution >= 0.6 is 11.3 Å². The van der Waals surface area contributed by atoms with Gasteiger partial charge in [-0.2, -0.15) is 0 Å². The van der Waals surface area contributed by atoms with Crippen molar-refractivity contribution in [2.24, 2.45) is 0 Å². The van der Waals surface area contributed by atoms with Gasteiger partial charge in [0.25, 0.3) is 0 Å². The smallest absolute Gasteiger partial charge is 0.479 e. The Balaban J connectivity index is 1.90. The standard InChI is InChI=1S/C16H13F3O3S/c1-11(20)2-7-14-8-9-15(23-14)21-10-12-3-5-13(6-4-12)22-16(17,18)19/h2-9H,10H2,1H3/b7-2+. The highest BCUT2D eigenvalue weighted by atomic mass is 32.1. The summed E-state index contributed by atoms with van der Waals surface area (Å²) in [5, 5.41) is 0.656. The lowest BCUT2D eigenvalue weighted by Crippen LogP contribution is -2.17. The molecular weight excluding hydrogens is 329 g/mol. The number of carbonyl (C=O) groups is 1. The van der Waals surface area contributed by atoms with E-state index in [0.717, 1.165) is 4.88 Å². The van der Waals surface area contributed by atoms with E-state index >= 15 is 0 Å². The SMILES string of the molecule is CC(=O)/C=C/c1ccc(OCc2ccc(OC(F)(F)F)cc2)s1. The maximum Gasteiger partial charge on any atom is 0.573 e. The first-order valence-electron chi connectivity index (χ1n) is 6.58. The molecule has 0 amide bonds. The van der Waals surface area contributed by atoms with E-state index in [9.17, 15) is 18.0 Å². The van der Waals surface area contributed by atoms with Crippen molar-refractivity contribution in [2.45, 2.75) is 19.9 Å². The lowest BCUT2D eigenvalue weighted by Gasteiger charge is -2.09. The molecule has 2 rings (SSSR count). The van der Waals surface area contributed by atoms with Gasteiger partial charge in [0.1, 0.15) is 12.4 Å². The third-order valence-electron chi connectivity index (χ3n) is 2.62. The van der Waals surface area contributed by atoms with Gasteiger partial charge < -0.3 is 9.47 Å². The molecule has 0 fully saturated rings. The Labute approximate surface area is 135 Å². The van der Waals surface area contributed by atoms with Crippen molar-refractivity contribution in [1.82, 2.24) is 0 Å². The fourth-order valence-corrected chi connectivity index (χ4v) is 2.40. The van der Waals surface area contributed by atoms with Gasteiger partial charge in [0.05, 0.1) is 0 Å². The molecule has 7 heteroatoms. The highest BCUT2D eigenvalue weighted by Crippen LogP contribution is 2.27. The van der Waals surface area contributed by atoms with Gasteiger partial charge in [-0.05, 0) is 48.9 Å². The summed E-state index contributed by atoms with van der Waals surface area (Å²) in [6.45, 7) is 1.69. The van der Waals surface area contributed by atoms with Crippen molar-refractivity contribution in [3.8, 4) is 10.8 Å². The Bertz CT molecular complexity index is 687. The molecule has 0 N–H and O–H groups in total. The zero-order chi connectivity index (χ0) is 16.9. The Morgan fingerprint density at radius 1 is 1.17 bits per heavy atom. The van der Waals surface area contributed by atoms with Crippen molar-refractivity contribution < 1.29 is 27.4 Å². The van der Waals surface area contributed by atoms with Crippen LogP contribution in [-0.2, 0) is 11.4 Å². The van der Waals surface area contributed by atoms with E-state index in [4.69, 9.17) is 4.74 Å². The summed E-state index contributed by atoms with van der Waals surface area (Å²) >= 11 is 1.37.